The molecule has 1 aromatic carbocycles. The van der Waals surface area contributed by atoms with E-state index in [9.17, 15) is 9.90 Å². The Hall–Kier alpha value is -1.81. The van der Waals surface area contributed by atoms with Crippen molar-refractivity contribution in [1.29, 1.82) is 0 Å². The Morgan fingerprint density at radius 2 is 2.18 bits per heavy atom. The summed E-state index contributed by atoms with van der Waals surface area (Å²) in [6.45, 7) is 0. The molecule has 0 fully saturated rings. The van der Waals surface area contributed by atoms with E-state index in [0.717, 1.165) is 35.0 Å². The molecule has 0 amide bonds. The van der Waals surface area contributed by atoms with Crippen LogP contribution in [0.5, 0.6) is 0 Å². The Labute approximate surface area is 98.4 Å². The van der Waals surface area contributed by atoms with Crippen molar-refractivity contribution in [3.63, 3.8) is 0 Å². The van der Waals surface area contributed by atoms with E-state index in [0.29, 0.717) is 6.42 Å². The van der Waals surface area contributed by atoms with E-state index in [2.05, 4.69) is 4.98 Å². The molecular formula is C13H14N2O2. The van der Waals surface area contributed by atoms with Gasteiger partial charge in [-0.15, -0.1) is 0 Å². The number of aliphatic carboxylic acids is 1. The van der Waals surface area contributed by atoms with Crippen molar-refractivity contribution in [2.75, 3.05) is 0 Å². The minimum absolute atomic E-state index is 0.497. The summed E-state index contributed by atoms with van der Waals surface area (Å²) in [5.74, 6) is -0.941. The van der Waals surface area contributed by atoms with Crippen LogP contribution in [-0.4, -0.2) is 16.1 Å². The van der Waals surface area contributed by atoms with Gasteiger partial charge in [-0.2, -0.15) is 0 Å². The normalized spacial score (nSPS) is 23.6. The summed E-state index contributed by atoms with van der Waals surface area (Å²) >= 11 is 0. The van der Waals surface area contributed by atoms with Crippen LogP contribution in [0, 0.1) is 0 Å². The number of para-hydroxylation sites is 1. The van der Waals surface area contributed by atoms with Crippen LogP contribution in [0.15, 0.2) is 24.3 Å². The average Bonchev–Trinajstić information content (AvgIpc) is 2.68. The summed E-state index contributed by atoms with van der Waals surface area (Å²) in [6, 6.07) is 7.73. The fraction of sp³-hybridized carbons (Fsp3) is 0.308. The standard InChI is InChI=1S/C13H14N2O2/c14-13(12(16)17)7-3-6-10-11(13)8-4-1-2-5-9(8)15-10/h1-2,4-5,15H,3,6-7,14H2,(H,16,17). The summed E-state index contributed by atoms with van der Waals surface area (Å²) in [5, 5.41) is 10.3. The molecule has 4 N–H and O–H groups in total. The Kier molecular flexibility index (Phi) is 2.03. The second-order valence-electron chi connectivity index (χ2n) is 4.65. The fourth-order valence-corrected chi connectivity index (χ4v) is 2.78. The van der Waals surface area contributed by atoms with Gasteiger partial charge in [-0.1, -0.05) is 18.2 Å². The summed E-state index contributed by atoms with van der Waals surface area (Å²) < 4.78 is 0. The van der Waals surface area contributed by atoms with Crippen LogP contribution in [0.3, 0.4) is 0 Å². The molecule has 88 valence electrons. The number of aryl methyl sites for hydroxylation is 1. The topological polar surface area (TPSA) is 79.1 Å². The number of benzene rings is 1. The van der Waals surface area contributed by atoms with E-state index < -0.39 is 11.5 Å². The van der Waals surface area contributed by atoms with E-state index in [1.165, 1.54) is 0 Å². The lowest BCUT2D eigenvalue weighted by Crippen LogP contribution is -2.47. The number of aromatic nitrogens is 1. The fourth-order valence-electron chi connectivity index (χ4n) is 2.78. The number of carbonyl (C=O) groups is 1. The Balaban J connectivity index is 2.35. The monoisotopic (exact) mass is 230 g/mol. The Morgan fingerprint density at radius 3 is 2.94 bits per heavy atom. The number of aromatic amines is 1. The highest BCUT2D eigenvalue weighted by molar-refractivity contribution is 5.93. The van der Waals surface area contributed by atoms with Crippen LogP contribution in [0.1, 0.15) is 24.1 Å². The average molecular weight is 230 g/mol. The maximum Gasteiger partial charge on any atom is 0.328 e. The number of carboxylic acid groups (broad SMARTS) is 1. The van der Waals surface area contributed by atoms with Gasteiger partial charge in [0.25, 0.3) is 0 Å². The zero-order valence-corrected chi connectivity index (χ0v) is 9.36. The molecule has 1 unspecified atom stereocenters. The molecule has 0 bridgehead atoms. The van der Waals surface area contributed by atoms with E-state index in [4.69, 9.17) is 5.73 Å². The number of H-pyrrole nitrogens is 1. The zero-order chi connectivity index (χ0) is 12.0. The summed E-state index contributed by atoms with van der Waals surface area (Å²) in [6.07, 6.45) is 2.18. The molecule has 0 saturated heterocycles. The van der Waals surface area contributed by atoms with Gasteiger partial charge in [0.2, 0.25) is 0 Å². The predicted octanol–water partition coefficient (Wildman–Crippen LogP) is 1.74. The van der Waals surface area contributed by atoms with Gasteiger partial charge >= 0.3 is 5.97 Å². The highest BCUT2D eigenvalue weighted by Gasteiger charge is 2.42. The van der Waals surface area contributed by atoms with Crippen molar-refractivity contribution in [1.82, 2.24) is 4.98 Å². The van der Waals surface area contributed by atoms with Crippen LogP contribution in [0.25, 0.3) is 10.9 Å². The second-order valence-corrected chi connectivity index (χ2v) is 4.65. The van der Waals surface area contributed by atoms with Crippen LogP contribution in [-0.2, 0) is 16.8 Å². The van der Waals surface area contributed by atoms with E-state index in [1.807, 2.05) is 24.3 Å². The molecule has 0 radical (unpaired) electrons. The smallest absolute Gasteiger partial charge is 0.328 e. The molecule has 1 atom stereocenters. The molecule has 2 aromatic rings. The Morgan fingerprint density at radius 1 is 1.41 bits per heavy atom. The van der Waals surface area contributed by atoms with Crippen molar-refractivity contribution in [2.45, 2.75) is 24.8 Å². The molecule has 0 spiro atoms. The van der Waals surface area contributed by atoms with Gasteiger partial charge in [0.15, 0.2) is 0 Å². The van der Waals surface area contributed by atoms with Crippen LogP contribution in [0.4, 0.5) is 0 Å². The van der Waals surface area contributed by atoms with Gasteiger partial charge in [0.05, 0.1) is 0 Å². The largest absolute Gasteiger partial charge is 0.480 e. The van der Waals surface area contributed by atoms with Crippen LogP contribution >= 0.6 is 0 Å². The van der Waals surface area contributed by atoms with Crippen molar-refractivity contribution < 1.29 is 9.90 Å². The number of nitrogens with two attached hydrogens (primary N) is 1. The first-order valence-corrected chi connectivity index (χ1v) is 5.75. The maximum absolute atomic E-state index is 11.4. The molecule has 17 heavy (non-hydrogen) atoms. The first-order chi connectivity index (χ1) is 8.13. The number of nitrogens with one attached hydrogen (secondary N) is 1. The highest BCUT2D eigenvalue weighted by Crippen LogP contribution is 2.38. The highest BCUT2D eigenvalue weighted by atomic mass is 16.4. The second kappa shape index (κ2) is 3.34. The molecule has 4 heteroatoms. The third kappa shape index (κ3) is 1.31. The first kappa shape index (κ1) is 10.4. The van der Waals surface area contributed by atoms with Gasteiger partial charge in [-0.3, -0.25) is 0 Å². The molecule has 1 aliphatic rings. The lowest BCUT2D eigenvalue weighted by molar-refractivity contribution is -0.144. The van der Waals surface area contributed by atoms with Crippen molar-refractivity contribution in [3.05, 3.63) is 35.5 Å². The molecule has 1 aliphatic carbocycles. The summed E-state index contributed by atoms with van der Waals surface area (Å²) in [7, 11) is 0. The quantitative estimate of drug-likeness (QED) is 0.698. The molecule has 4 nitrogen and oxygen atoms in total. The summed E-state index contributed by atoms with van der Waals surface area (Å²) in [5.41, 5.74) is 7.57. The molecule has 0 aliphatic heterocycles. The minimum atomic E-state index is -1.24. The lowest BCUT2D eigenvalue weighted by Gasteiger charge is -2.29. The Bertz CT molecular complexity index is 602. The molecule has 3 rings (SSSR count). The first-order valence-electron chi connectivity index (χ1n) is 5.75. The number of hydrogen-bond donors (Lipinski definition) is 3. The van der Waals surface area contributed by atoms with E-state index in [1.54, 1.807) is 0 Å². The van der Waals surface area contributed by atoms with Crippen LogP contribution < -0.4 is 5.73 Å². The summed E-state index contributed by atoms with van der Waals surface area (Å²) in [4.78, 5) is 14.7. The molecule has 1 heterocycles. The SMILES string of the molecule is NC1(C(=O)O)CCCc2[nH]c3ccccc3c21. The van der Waals surface area contributed by atoms with Gasteiger partial charge < -0.3 is 15.8 Å². The third-order valence-electron chi connectivity index (χ3n) is 3.61. The number of rotatable bonds is 1. The zero-order valence-electron chi connectivity index (χ0n) is 9.36. The van der Waals surface area contributed by atoms with E-state index >= 15 is 0 Å². The van der Waals surface area contributed by atoms with Crippen molar-refractivity contribution in [2.24, 2.45) is 5.73 Å². The van der Waals surface area contributed by atoms with Gasteiger partial charge in [-0.25, -0.2) is 4.79 Å². The van der Waals surface area contributed by atoms with Crippen molar-refractivity contribution >= 4 is 16.9 Å². The van der Waals surface area contributed by atoms with Gasteiger partial charge in [0.1, 0.15) is 5.54 Å². The molecule has 0 saturated carbocycles. The van der Waals surface area contributed by atoms with Gasteiger partial charge in [-0.05, 0) is 25.3 Å². The minimum Gasteiger partial charge on any atom is -0.480 e. The predicted molar refractivity (Wildman–Crippen MR) is 64.7 cm³/mol. The number of carboxylic acids is 1. The van der Waals surface area contributed by atoms with Gasteiger partial charge in [0, 0.05) is 22.2 Å². The number of fused-ring (bicyclic) bond motifs is 3. The van der Waals surface area contributed by atoms with E-state index in [-0.39, 0.29) is 0 Å². The molecule has 1 aromatic heterocycles. The van der Waals surface area contributed by atoms with Crippen molar-refractivity contribution in [3.8, 4) is 0 Å². The number of hydrogen-bond acceptors (Lipinski definition) is 2. The maximum atomic E-state index is 11.4. The lowest BCUT2D eigenvalue weighted by atomic mass is 9.79. The van der Waals surface area contributed by atoms with Crippen LogP contribution in [0.2, 0.25) is 0 Å². The third-order valence-corrected chi connectivity index (χ3v) is 3.61. The molecular weight excluding hydrogens is 216 g/mol.